The highest BCUT2D eigenvalue weighted by molar-refractivity contribution is 9.10. The molecule has 0 aromatic heterocycles. The Kier molecular flexibility index (Phi) is 3.66. The molecule has 0 unspecified atom stereocenters. The van der Waals surface area contributed by atoms with Crippen molar-refractivity contribution in [3.63, 3.8) is 0 Å². The summed E-state index contributed by atoms with van der Waals surface area (Å²) < 4.78 is 0.745. The molecule has 0 aliphatic rings. The van der Waals surface area contributed by atoms with Crippen LogP contribution in [-0.2, 0) is 4.79 Å². The van der Waals surface area contributed by atoms with Crippen LogP contribution in [0.25, 0.3) is 0 Å². The molecule has 0 aliphatic heterocycles. The van der Waals surface area contributed by atoms with Gasteiger partial charge in [0.15, 0.2) is 5.78 Å². The Morgan fingerprint density at radius 1 is 1.43 bits per heavy atom. The van der Waals surface area contributed by atoms with Crippen LogP contribution in [0.15, 0.2) is 22.7 Å². The van der Waals surface area contributed by atoms with E-state index >= 15 is 0 Å². The van der Waals surface area contributed by atoms with E-state index in [9.17, 15) is 9.59 Å². The second-order valence-electron chi connectivity index (χ2n) is 2.62. The molecule has 0 heterocycles. The highest BCUT2D eigenvalue weighted by Crippen LogP contribution is 2.22. The van der Waals surface area contributed by atoms with Gasteiger partial charge in [-0.3, -0.25) is 9.59 Å². The molecule has 5 heteroatoms. The summed E-state index contributed by atoms with van der Waals surface area (Å²) in [6.07, 6.45) is -0.540. The Bertz CT molecular complexity index is 390. The third-order valence-electron chi connectivity index (χ3n) is 1.54. The van der Waals surface area contributed by atoms with Crippen molar-refractivity contribution in [2.45, 2.75) is 6.42 Å². The monoisotopic (exact) mass is 276 g/mol. The summed E-state index contributed by atoms with van der Waals surface area (Å²) >= 11 is 8.95. The molecule has 0 bridgehead atoms. The number of carbonyl (C=O) groups is 2. The van der Waals surface area contributed by atoms with Gasteiger partial charge in [0.25, 0.3) is 0 Å². The van der Waals surface area contributed by atoms with Crippen LogP contribution in [0.1, 0.15) is 16.8 Å². The van der Waals surface area contributed by atoms with Gasteiger partial charge in [0.1, 0.15) is 6.42 Å². The Morgan fingerprint density at radius 2 is 2.07 bits per heavy atom. The van der Waals surface area contributed by atoms with Crippen molar-refractivity contribution < 1.29 is 14.7 Å². The van der Waals surface area contributed by atoms with Gasteiger partial charge in [-0.25, -0.2) is 0 Å². The van der Waals surface area contributed by atoms with Gasteiger partial charge >= 0.3 is 5.97 Å². The molecule has 0 radical (unpaired) electrons. The van der Waals surface area contributed by atoms with Crippen molar-refractivity contribution in [3.05, 3.63) is 33.3 Å². The average Bonchev–Trinajstić information content (AvgIpc) is 2.01. The zero-order chi connectivity index (χ0) is 10.7. The molecule has 1 aromatic carbocycles. The summed E-state index contributed by atoms with van der Waals surface area (Å²) in [7, 11) is 0. The van der Waals surface area contributed by atoms with E-state index in [1.807, 2.05) is 0 Å². The minimum Gasteiger partial charge on any atom is -0.481 e. The number of carboxylic acids is 1. The van der Waals surface area contributed by atoms with E-state index in [1.54, 1.807) is 12.1 Å². The lowest BCUT2D eigenvalue weighted by Crippen LogP contribution is -2.07. The third-order valence-corrected chi connectivity index (χ3v) is 2.35. The van der Waals surface area contributed by atoms with Crippen molar-refractivity contribution in [3.8, 4) is 0 Å². The van der Waals surface area contributed by atoms with Crippen LogP contribution in [0.5, 0.6) is 0 Å². The number of Topliss-reactive ketones (excluding diaryl/α,β-unsaturated/α-hetero) is 1. The number of aliphatic carboxylic acids is 1. The van der Waals surface area contributed by atoms with Crippen molar-refractivity contribution in [1.29, 1.82) is 0 Å². The minimum atomic E-state index is -1.16. The molecular weight excluding hydrogens is 271 g/mol. The zero-order valence-electron chi connectivity index (χ0n) is 6.96. The predicted molar refractivity (Wildman–Crippen MR) is 55.7 cm³/mol. The Balaban J connectivity index is 2.96. The molecule has 1 N–H and O–H groups in total. The van der Waals surface area contributed by atoms with Gasteiger partial charge in [-0.05, 0) is 18.2 Å². The topological polar surface area (TPSA) is 54.4 Å². The van der Waals surface area contributed by atoms with Gasteiger partial charge in [0.05, 0.1) is 5.02 Å². The summed E-state index contributed by atoms with van der Waals surface area (Å²) in [6, 6.07) is 4.69. The fraction of sp³-hybridized carbons (Fsp3) is 0.111. The molecule has 0 amide bonds. The molecule has 0 fully saturated rings. The highest BCUT2D eigenvalue weighted by Gasteiger charge is 2.13. The average molecular weight is 278 g/mol. The molecular formula is C9H6BrClO3. The van der Waals surface area contributed by atoms with Crippen LogP contribution in [0.2, 0.25) is 5.02 Å². The molecule has 0 saturated heterocycles. The molecule has 0 saturated carbocycles. The van der Waals surface area contributed by atoms with Crippen LogP contribution in [0.3, 0.4) is 0 Å². The predicted octanol–water partition coefficient (Wildman–Crippen LogP) is 2.76. The third kappa shape index (κ3) is 2.82. The SMILES string of the molecule is O=C(O)CC(=O)c1ccc(Br)cc1Cl. The Morgan fingerprint density at radius 3 is 2.57 bits per heavy atom. The number of rotatable bonds is 3. The van der Waals surface area contributed by atoms with Gasteiger partial charge in [-0.15, -0.1) is 0 Å². The Hall–Kier alpha value is -0.870. The largest absolute Gasteiger partial charge is 0.481 e. The lowest BCUT2D eigenvalue weighted by Gasteiger charge is -2.01. The zero-order valence-corrected chi connectivity index (χ0v) is 9.30. The molecule has 1 aromatic rings. The van der Waals surface area contributed by atoms with E-state index in [1.165, 1.54) is 6.07 Å². The second-order valence-corrected chi connectivity index (χ2v) is 3.94. The fourth-order valence-corrected chi connectivity index (χ4v) is 1.73. The highest BCUT2D eigenvalue weighted by atomic mass is 79.9. The van der Waals surface area contributed by atoms with Crippen LogP contribution >= 0.6 is 27.5 Å². The molecule has 14 heavy (non-hydrogen) atoms. The molecule has 74 valence electrons. The first-order chi connectivity index (χ1) is 6.50. The summed E-state index contributed by atoms with van der Waals surface area (Å²) in [5.41, 5.74) is 0.234. The summed E-state index contributed by atoms with van der Waals surface area (Å²) in [6.45, 7) is 0. The van der Waals surface area contributed by atoms with E-state index in [-0.39, 0.29) is 10.6 Å². The summed E-state index contributed by atoms with van der Waals surface area (Å²) in [4.78, 5) is 21.6. The van der Waals surface area contributed by atoms with Crippen LogP contribution in [0.4, 0.5) is 0 Å². The number of carbonyl (C=O) groups excluding carboxylic acids is 1. The number of carboxylic acid groups (broad SMARTS) is 1. The molecule has 0 aliphatic carbocycles. The molecule has 1 rings (SSSR count). The van der Waals surface area contributed by atoms with Crippen molar-refractivity contribution in [2.24, 2.45) is 0 Å². The number of halogens is 2. The van der Waals surface area contributed by atoms with Gasteiger partial charge < -0.3 is 5.11 Å². The van der Waals surface area contributed by atoms with Crippen molar-refractivity contribution >= 4 is 39.3 Å². The maximum absolute atomic E-state index is 11.3. The number of hydrogen-bond acceptors (Lipinski definition) is 2. The van der Waals surface area contributed by atoms with E-state index in [0.717, 1.165) is 4.47 Å². The van der Waals surface area contributed by atoms with E-state index in [2.05, 4.69) is 15.9 Å². The van der Waals surface area contributed by atoms with Crippen LogP contribution in [-0.4, -0.2) is 16.9 Å². The van der Waals surface area contributed by atoms with Crippen LogP contribution < -0.4 is 0 Å². The number of hydrogen-bond donors (Lipinski definition) is 1. The number of benzene rings is 1. The maximum Gasteiger partial charge on any atom is 0.311 e. The second kappa shape index (κ2) is 4.57. The van der Waals surface area contributed by atoms with Gasteiger partial charge in [-0.1, -0.05) is 27.5 Å². The lowest BCUT2D eigenvalue weighted by atomic mass is 10.1. The van der Waals surface area contributed by atoms with Crippen molar-refractivity contribution in [1.82, 2.24) is 0 Å². The summed E-state index contributed by atoms with van der Waals surface area (Å²) in [5.74, 6) is -1.65. The lowest BCUT2D eigenvalue weighted by molar-refractivity contribution is -0.135. The maximum atomic E-state index is 11.3. The smallest absolute Gasteiger partial charge is 0.311 e. The Labute approximate surface area is 93.8 Å². The first kappa shape index (κ1) is 11.2. The first-order valence-electron chi connectivity index (χ1n) is 3.70. The van der Waals surface area contributed by atoms with Gasteiger partial charge in [0, 0.05) is 10.0 Å². The van der Waals surface area contributed by atoms with Crippen molar-refractivity contribution in [2.75, 3.05) is 0 Å². The molecule has 0 spiro atoms. The summed E-state index contributed by atoms with van der Waals surface area (Å²) in [5, 5.41) is 8.67. The van der Waals surface area contributed by atoms with E-state index < -0.39 is 18.2 Å². The van der Waals surface area contributed by atoms with E-state index in [0.29, 0.717) is 0 Å². The van der Waals surface area contributed by atoms with Crippen LogP contribution in [0, 0.1) is 0 Å². The minimum absolute atomic E-state index is 0.234. The van der Waals surface area contributed by atoms with Gasteiger partial charge in [-0.2, -0.15) is 0 Å². The molecule has 3 nitrogen and oxygen atoms in total. The van der Waals surface area contributed by atoms with E-state index in [4.69, 9.17) is 16.7 Å². The first-order valence-corrected chi connectivity index (χ1v) is 4.88. The fourth-order valence-electron chi connectivity index (χ4n) is 0.948. The van der Waals surface area contributed by atoms with Gasteiger partial charge in [0.2, 0.25) is 0 Å². The number of ketones is 1. The standard InChI is InChI=1S/C9H6BrClO3/c10-5-1-2-6(7(11)3-5)8(12)4-9(13)14/h1-3H,4H2,(H,13,14). The normalized spacial score (nSPS) is 9.86. The molecule has 0 atom stereocenters. The quantitative estimate of drug-likeness (QED) is 0.683.